The predicted molar refractivity (Wildman–Crippen MR) is 95.0 cm³/mol. The molecule has 2 atom stereocenters. The monoisotopic (exact) mass is 394 g/mol. The van der Waals surface area contributed by atoms with E-state index in [1.54, 1.807) is 17.0 Å². The van der Waals surface area contributed by atoms with Crippen molar-refractivity contribution in [2.45, 2.75) is 24.6 Å². The molecule has 0 saturated carbocycles. The van der Waals surface area contributed by atoms with Crippen LogP contribution in [0.15, 0.2) is 48.5 Å². The third kappa shape index (κ3) is 3.92. The minimum Gasteiger partial charge on any atom is -0.467 e. The maximum Gasteiger partial charge on any atom is 0.416 e. The Hall–Kier alpha value is -3.10. The van der Waals surface area contributed by atoms with Crippen LogP contribution in [0, 0.1) is 10.1 Å². The largest absolute Gasteiger partial charge is 0.467 e. The van der Waals surface area contributed by atoms with Gasteiger partial charge in [-0.25, -0.2) is 4.79 Å². The lowest BCUT2D eigenvalue weighted by atomic mass is 9.95. The van der Waals surface area contributed by atoms with Gasteiger partial charge >= 0.3 is 12.1 Å². The molecular weight excluding hydrogens is 377 g/mol. The number of alkyl halides is 3. The molecule has 0 radical (unpaired) electrons. The second-order valence-corrected chi connectivity index (χ2v) is 6.52. The summed E-state index contributed by atoms with van der Waals surface area (Å²) in [5.41, 5.74) is 0.490. The maximum absolute atomic E-state index is 12.8. The van der Waals surface area contributed by atoms with Gasteiger partial charge in [0.2, 0.25) is 0 Å². The van der Waals surface area contributed by atoms with Crippen LogP contribution in [0.3, 0.4) is 0 Å². The number of carbonyl (C=O) groups is 1. The quantitative estimate of drug-likeness (QED) is 0.443. The Morgan fingerprint density at radius 2 is 1.75 bits per heavy atom. The van der Waals surface area contributed by atoms with E-state index in [-0.39, 0.29) is 11.6 Å². The summed E-state index contributed by atoms with van der Waals surface area (Å²) < 4.78 is 43.2. The molecule has 0 unspecified atom stereocenters. The molecule has 1 heterocycles. The van der Waals surface area contributed by atoms with E-state index in [4.69, 9.17) is 4.74 Å². The van der Waals surface area contributed by atoms with E-state index >= 15 is 0 Å². The molecule has 6 nitrogen and oxygen atoms in total. The van der Waals surface area contributed by atoms with Crippen LogP contribution < -0.4 is 4.90 Å². The van der Waals surface area contributed by atoms with Crippen LogP contribution in [0.4, 0.5) is 24.5 Å². The standard InChI is InChI=1S/C19H17F3N2O4/c1-28-18(25)17-10-13(12-2-4-14(5-3-12)19(20,21)22)11-23(17)15-6-8-16(9-7-15)24(26)27/h2-9,13,17H,10-11H2,1H3/t13-,17+/m1/s1. The zero-order chi connectivity index (χ0) is 20.5. The Morgan fingerprint density at radius 3 is 2.25 bits per heavy atom. The highest BCUT2D eigenvalue weighted by Crippen LogP contribution is 2.37. The van der Waals surface area contributed by atoms with Gasteiger partial charge < -0.3 is 9.64 Å². The average Bonchev–Trinajstić information content (AvgIpc) is 3.12. The number of ether oxygens (including phenoxy) is 1. The van der Waals surface area contributed by atoms with Crippen LogP contribution >= 0.6 is 0 Å². The van der Waals surface area contributed by atoms with Crippen molar-refractivity contribution in [1.82, 2.24) is 0 Å². The van der Waals surface area contributed by atoms with Gasteiger partial charge in [-0.05, 0) is 36.2 Å². The molecule has 0 aromatic heterocycles. The molecule has 1 fully saturated rings. The first-order valence-electron chi connectivity index (χ1n) is 8.47. The van der Waals surface area contributed by atoms with Crippen LogP contribution in [0.25, 0.3) is 0 Å². The van der Waals surface area contributed by atoms with Gasteiger partial charge in [0, 0.05) is 30.3 Å². The first-order valence-corrected chi connectivity index (χ1v) is 8.47. The molecule has 1 saturated heterocycles. The normalized spacial score (nSPS) is 19.5. The van der Waals surface area contributed by atoms with Gasteiger partial charge in [0.15, 0.2) is 0 Å². The number of nitro groups is 1. The first kappa shape index (κ1) is 19.7. The van der Waals surface area contributed by atoms with Gasteiger partial charge in [-0.1, -0.05) is 12.1 Å². The molecule has 0 N–H and O–H groups in total. The molecule has 0 bridgehead atoms. The van der Waals surface area contributed by atoms with Crippen molar-refractivity contribution in [3.8, 4) is 0 Å². The summed E-state index contributed by atoms with van der Waals surface area (Å²) in [7, 11) is 1.27. The molecule has 2 aromatic rings. The molecule has 28 heavy (non-hydrogen) atoms. The zero-order valence-corrected chi connectivity index (χ0v) is 14.8. The number of carbonyl (C=O) groups excluding carboxylic acids is 1. The average molecular weight is 394 g/mol. The lowest BCUT2D eigenvalue weighted by Crippen LogP contribution is -2.36. The van der Waals surface area contributed by atoms with E-state index in [9.17, 15) is 28.1 Å². The number of anilines is 1. The van der Waals surface area contributed by atoms with E-state index in [0.29, 0.717) is 24.2 Å². The Labute approximate surface area is 158 Å². The highest BCUT2D eigenvalue weighted by molar-refractivity contribution is 5.81. The summed E-state index contributed by atoms with van der Waals surface area (Å²) >= 11 is 0. The summed E-state index contributed by atoms with van der Waals surface area (Å²) in [6, 6.07) is 10.0. The SMILES string of the molecule is COC(=O)[C@@H]1C[C@@H](c2ccc(C(F)(F)F)cc2)CN1c1ccc([N+](=O)[O-])cc1. The van der Waals surface area contributed by atoms with Crippen molar-refractivity contribution in [2.75, 3.05) is 18.6 Å². The minimum absolute atomic E-state index is 0.0724. The van der Waals surface area contributed by atoms with E-state index < -0.39 is 28.7 Å². The third-order valence-electron chi connectivity index (χ3n) is 4.88. The maximum atomic E-state index is 12.8. The Morgan fingerprint density at radius 1 is 1.14 bits per heavy atom. The first-order chi connectivity index (χ1) is 13.2. The van der Waals surface area contributed by atoms with Gasteiger partial charge in [-0.2, -0.15) is 13.2 Å². The number of nitrogens with zero attached hydrogens (tertiary/aromatic N) is 2. The lowest BCUT2D eigenvalue weighted by molar-refractivity contribution is -0.384. The number of nitro benzene ring substituents is 1. The highest BCUT2D eigenvalue weighted by atomic mass is 19.4. The number of hydrogen-bond acceptors (Lipinski definition) is 5. The number of rotatable bonds is 4. The zero-order valence-electron chi connectivity index (χ0n) is 14.8. The smallest absolute Gasteiger partial charge is 0.416 e. The fourth-order valence-corrected chi connectivity index (χ4v) is 3.43. The lowest BCUT2D eigenvalue weighted by Gasteiger charge is -2.24. The summed E-state index contributed by atoms with van der Waals surface area (Å²) in [5.74, 6) is -0.644. The molecule has 1 aliphatic rings. The Balaban J connectivity index is 1.86. The third-order valence-corrected chi connectivity index (χ3v) is 4.88. The number of non-ortho nitro benzene ring substituents is 1. The van der Waals surface area contributed by atoms with Crippen LogP contribution in [0.5, 0.6) is 0 Å². The summed E-state index contributed by atoms with van der Waals surface area (Å²) in [6.07, 6.45) is -4.04. The van der Waals surface area contributed by atoms with Crippen molar-refractivity contribution < 1.29 is 27.6 Å². The van der Waals surface area contributed by atoms with Gasteiger partial charge in [-0.15, -0.1) is 0 Å². The molecule has 1 aliphatic heterocycles. The van der Waals surface area contributed by atoms with Gasteiger partial charge in [0.25, 0.3) is 5.69 Å². The molecule has 9 heteroatoms. The fraction of sp³-hybridized carbons (Fsp3) is 0.316. The molecule has 2 aromatic carbocycles. The molecule has 0 amide bonds. The minimum atomic E-state index is -4.41. The molecule has 3 rings (SSSR count). The van der Waals surface area contributed by atoms with Gasteiger partial charge in [-0.3, -0.25) is 10.1 Å². The summed E-state index contributed by atoms with van der Waals surface area (Å²) in [4.78, 5) is 24.3. The van der Waals surface area contributed by atoms with Crippen molar-refractivity contribution in [3.05, 3.63) is 69.8 Å². The van der Waals surface area contributed by atoms with Crippen molar-refractivity contribution >= 4 is 17.3 Å². The van der Waals surface area contributed by atoms with Crippen molar-refractivity contribution in [3.63, 3.8) is 0 Å². The molecule has 0 spiro atoms. The Bertz CT molecular complexity index is 866. The predicted octanol–water partition coefficient (Wildman–Crippen LogP) is 4.15. The molecular formula is C19H17F3N2O4. The molecule has 148 valence electrons. The van der Waals surface area contributed by atoms with E-state index in [2.05, 4.69) is 0 Å². The second-order valence-electron chi connectivity index (χ2n) is 6.52. The van der Waals surface area contributed by atoms with Gasteiger partial charge in [0.1, 0.15) is 6.04 Å². The van der Waals surface area contributed by atoms with Crippen LogP contribution in [-0.4, -0.2) is 30.6 Å². The summed E-state index contributed by atoms with van der Waals surface area (Å²) in [6.45, 7) is 0.378. The number of esters is 1. The topological polar surface area (TPSA) is 72.7 Å². The molecule has 0 aliphatic carbocycles. The number of hydrogen-bond donors (Lipinski definition) is 0. The fourth-order valence-electron chi connectivity index (χ4n) is 3.43. The van der Waals surface area contributed by atoms with Crippen LogP contribution in [-0.2, 0) is 15.7 Å². The van der Waals surface area contributed by atoms with E-state index in [1.165, 1.54) is 31.4 Å². The number of benzene rings is 2. The number of halogens is 3. The second kappa shape index (κ2) is 7.49. The van der Waals surface area contributed by atoms with Crippen LogP contribution in [0.1, 0.15) is 23.5 Å². The number of methoxy groups -OCH3 is 1. The highest BCUT2D eigenvalue weighted by Gasteiger charge is 2.39. The van der Waals surface area contributed by atoms with Crippen molar-refractivity contribution in [1.29, 1.82) is 0 Å². The van der Waals surface area contributed by atoms with Crippen molar-refractivity contribution in [2.24, 2.45) is 0 Å². The Kier molecular flexibility index (Phi) is 5.26. The van der Waals surface area contributed by atoms with E-state index in [1.807, 2.05) is 0 Å². The van der Waals surface area contributed by atoms with E-state index in [0.717, 1.165) is 12.1 Å². The summed E-state index contributed by atoms with van der Waals surface area (Å²) in [5, 5.41) is 10.8. The van der Waals surface area contributed by atoms with Gasteiger partial charge in [0.05, 0.1) is 17.6 Å². The van der Waals surface area contributed by atoms with Crippen LogP contribution in [0.2, 0.25) is 0 Å².